The minimum absolute atomic E-state index is 0.0393. The van der Waals surface area contributed by atoms with Crippen LogP contribution in [0.1, 0.15) is 17.5 Å². The van der Waals surface area contributed by atoms with Gasteiger partial charge in [-0.2, -0.15) is 0 Å². The van der Waals surface area contributed by atoms with Gasteiger partial charge in [0.25, 0.3) is 0 Å². The summed E-state index contributed by atoms with van der Waals surface area (Å²) in [5.41, 5.74) is 2.91. The van der Waals surface area contributed by atoms with Crippen LogP contribution in [-0.2, 0) is 11.3 Å². The van der Waals surface area contributed by atoms with E-state index in [9.17, 15) is 9.18 Å². The SMILES string of the molecule is Cc1ccc(COC(=O)N2CCC(CNc3ncc4ccccc4n3)C(F)C2)cc1. The number of anilines is 1. The van der Waals surface area contributed by atoms with Gasteiger partial charge in [0.1, 0.15) is 12.8 Å². The maximum Gasteiger partial charge on any atom is 0.410 e. The molecule has 4 rings (SSSR count). The lowest BCUT2D eigenvalue weighted by atomic mass is 9.95. The van der Waals surface area contributed by atoms with E-state index < -0.39 is 12.3 Å². The molecule has 0 radical (unpaired) electrons. The third-order valence-corrected chi connectivity index (χ3v) is 5.43. The Hall–Kier alpha value is -3.22. The molecule has 1 saturated heterocycles. The number of amides is 1. The number of carbonyl (C=O) groups excluding carboxylic acids is 1. The smallest absolute Gasteiger partial charge is 0.410 e. The van der Waals surface area contributed by atoms with Crippen LogP contribution in [0.4, 0.5) is 15.1 Å². The Bertz CT molecular complexity index is 1010. The molecule has 1 aliphatic rings. The quantitative estimate of drug-likeness (QED) is 0.680. The number of likely N-dealkylation sites (tertiary alicyclic amines) is 1. The number of carbonyl (C=O) groups is 1. The second-order valence-electron chi connectivity index (χ2n) is 7.68. The van der Waals surface area contributed by atoms with Crippen LogP contribution < -0.4 is 5.32 Å². The van der Waals surface area contributed by atoms with E-state index in [0.717, 1.165) is 22.0 Å². The zero-order chi connectivity index (χ0) is 20.9. The summed E-state index contributed by atoms with van der Waals surface area (Å²) >= 11 is 0. The zero-order valence-electron chi connectivity index (χ0n) is 16.9. The van der Waals surface area contributed by atoms with Crippen LogP contribution in [0.5, 0.6) is 0 Å². The van der Waals surface area contributed by atoms with Crippen molar-refractivity contribution in [3.05, 3.63) is 65.9 Å². The second-order valence-corrected chi connectivity index (χ2v) is 7.68. The van der Waals surface area contributed by atoms with Crippen molar-refractivity contribution in [2.45, 2.75) is 26.1 Å². The number of aryl methyl sites for hydroxylation is 1. The third-order valence-electron chi connectivity index (χ3n) is 5.43. The molecule has 0 saturated carbocycles. The Morgan fingerprint density at radius 3 is 2.83 bits per heavy atom. The number of piperidine rings is 1. The van der Waals surface area contributed by atoms with Gasteiger partial charge in [0.15, 0.2) is 0 Å². The Morgan fingerprint density at radius 2 is 2.03 bits per heavy atom. The fraction of sp³-hybridized carbons (Fsp3) is 0.348. The molecule has 7 heteroatoms. The van der Waals surface area contributed by atoms with E-state index in [1.54, 1.807) is 6.20 Å². The maximum atomic E-state index is 14.7. The number of para-hydroxylation sites is 1. The molecule has 2 atom stereocenters. The van der Waals surface area contributed by atoms with Crippen molar-refractivity contribution < 1.29 is 13.9 Å². The first-order chi connectivity index (χ1) is 14.6. The van der Waals surface area contributed by atoms with Gasteiger partial charge in [-0.1, -0.05) is 48.0 Å². The van der Waals surface area contributed by atoms with Gasteiger partial charge in [0.05, 0.1) is 12.1 Å². The van der Waals surface area contributed by atoms with E-state index in [2.05, 4.69) is 15.3 Å². The minimum Gasteiger partial charge on any atom is -0.445 e. The van der Waals surface area contributed by atoms with E-state index in [0.29, 0.717) is 25.5 Å². The van der Waals surface area contributed by atoms with Crippen molar-refractivity contribution in [3.63, 3.8) is 0 Å². The van der Waals surface area contributed by atoms with Gasteiger partial charge in [-0.25, -0.2) is 19.2 Å². The number of nitrogens with zero attached hydrogens (tertiary/aromatic N) is 3. The largest absolute Gasteiger partial charge is 0.445 e. The number of halogens is 1. The number of aromatic nitrogens is 2. The number of hydrogen-bond acceptors (Lipinski definition) is 5. The molecule has 2 unspecified atom stereocenters. The normalized spacial score (nSPS) is 18.9. The molecule has 3 aromatic rings. The topological polar surface area (TPSA) is 67.3 Å². The van der Waals surface area contributed by atoms with Gasteiger partial charge in [0, 0.05) is 30.6 Å². The van der Waals surface area contributed by atoms with E-state index in [4.69, 9.17) is 4.74 Å². The molecular formula is C23H25FN4O2. The van der Waals surface area contributed by atoms with Crippen molar-refractivity contribution in [2.24, 2.45) is 5.92 Å². The van der Waals surface area contributed by atoms with Gasteiger partial charge in [0.2, 0.25) is 5.95 Å². The molecule has 1 N–H and O–H groups in total. The second kappa shape index (κ2) is 9.07. The van der Waals surface area contributed by atoms with Crippen LogP contribution in [0.15, 0.2) is 54.7 Å². The fourth-order valence-corrected chi connectivity index (χ4v) is 3.55. The van der Waals surface area contributed by atoms with Crippen LogP contribution in [0, 0.1) is 12.8 Å². The van der Waals surface area contributed by atoms with Crippen molar-refractivity contribution in [2.75, 3.05) is 25.0 Å². The highest BCUT2D eigenvalue weighted by molar-refractivity contribution is 5.78. The number of ether oxygens (including phenoxy) is 1. The number of fused-ring (bicyclic) bond motifs is 1. The van der Waals surface area contributed by atoms with Gasteiger partial charge < -0.3 is 15.0 Å². The highest BCUT2D eigenvalue weighted by atomic mass is 19.1. The van der Waals surface area contributed by atoms with Crippen LogP contribution in [0.2, 0.25) is 0 Å². The molecule has 1 amide bonds. The maximum absolute atomic E-state index is 14.7. The standard InChI is InChI=1S/C23H25FN4O2/c1-16-6-8-17(9-7-16)15-30-23(29)28-11-10-18(20(24)14-28)12-25-22-26-13-19-4-2-3-5-21(19)27-22/h2-9,13,18,20H,10-12,14-15H2,1H3,(H,25,26,27). The summed E-state index contributed by atoms with van der Waals surface area (Å²) < 4.78 is 20.0. The summed E-state index contributed by atoms with van der Waals surface area (Å²) in [6.45, 7) is 3.13. The highest BCUT2D eigenvalue weighted by Gasteiger charge is 2.32. The van der Waals surface area contributed by atoms with Crippen molar-refractivity contribution >= 4 is 22.9 Å². The van der Waals surface area contributed by atoms with Crippen LogP contribution in [0.25, 0.3) is 10.9 Å². The average molecular weight is 408 g/mol. The number of nitrogens with one attached hydrogen (secondary N) is 1. The molecule has 0 bridgehead atoms. The van der Waals surface area contributed by atoms with E-state index in [1.807, 2.05) is 55.5 Å². The van der Waals surface area contributed by atoms with E-state index >= 15 is 0 Å². The summed E-state index contributed by atoms with van der Waals surface area (Å²) in [5.74, 6) is 0.280. The van der Waals surface area contributed by atoms with Gasteiger partial charge in [-0.15, -0.1) is 0 Å². The van der Waals surface area contributed by atoms with Gasteiger partial charge >= 0.3 is 6.09 Å². The molecular weight excluding hydrogens is 383 g/mol. The van der Waals surface area contributed by atoms with Crippen LogP contribution in [-0.4, -0.2) is 46.8 Å². The molecule has 0 aliphatic carbocycles. The molecule has 6 nitrogen and oxygen atoms in total. The number of hydrogen-bond donors (Lipinski definition) is 1. The fourth-order valence-electron chi connectivity index (χ4n) is 3.55. The van der Waals surface area contributed by atoms with Gasteiger partial charge in [-0.05, 0) is 25.0 Å². The summed E-state index contributed by atoms with van der Waals surface area (Å²) in [5, 5.41) is 4.10. The molecule has 2 aromatic carbocycles. The van der Waals surface area contributed by atoms with E-state index in [-0.39, 0.29) is 19.1 Å². The molecule has 156 valence electrons. The van der Waals surface area contributed by atoms with Crippen molar-refractivity contribution in [1.82, 2.24) is 14.9 Å². The molecule has 1 aliphatic heterocycles. The lowest BCUT2D eigenvalue weighted by molar-refractivity contribution is 0.0544. The lowest BCUT2D eigenvalue weighted by Gasteiger charge is -2.34. The van der Waals surface area contributed by atoms with Gasteiger partial charge in [-0.3, -0.25) is 0 Å². The Kier molecular flexibility index (Phi) is 6.07. The number of rotatable bonds is 5. The van der Waals surface area contributed by atoms with Crippen molar-refractivity contribution in [1.29, 1.82) is 0 Å². The monoisotopic (exact) mass is 408 g/mol. The average Bonchev–Trinajstić information content (AvgIpc) is 2.77. The summed E-state index contributed by atoms with van der Waals surface area (Å²) in [6, 6.07) is 15.5. The number of benzene rings is 2. The Balaban J connectivity index is 1.26. The molecule has 1 aromatic heterocycles. The summed E-state index contributed by atoms with van der Waals surface area (Å²) in [7, 11) is 0. The predicted molar refractivity (Wildman–Crippen MR) is 114 cm³/mol. The molecule has 2 heterocycles. The lowest BCUT2D eigenvalue weighted by Crippen LogP contribution is -2.46. The molecule has 1 fully saturated rings. The van der Waals surface area contributed by atoms with Crippen LogP contribution in [0.3, 0.4) is 0 Å². The first-order valence-electron chi connectivity index (χ1n) is 10.2. The summed E-state index contributed by atoms with van der Waals surface area (Å²) in [6.07, 6.45) is 0.715. The van der Waals surface area contributed by atoms with E-state index in [1.165, 1.54) is 4.90 Å². The van der Waals surface area contributed by atoms with Crippen molar-refractivity contribution in [3.8, 4) is 0 Å². The first kappa shape index (κ1) is 20.1. The minimum atomic E-state index is -1.13. The predicted octanol–water partition coefficient (Wildman–Crippen LogP) is 4.35. The molecule has 30 heavy (non-hydrogen) atoms. The summed E-state index contributed by atoms with van der Waals surface area (Å²) in [4.78, 5) is 22.5. The zero-order valence-corrected chi connectivity index (χ0v) is 16.9. The van der Waals surface area contributed by atoms with Crippen LogP contribution >= 0.6 is 0 Å². The molecule has 0 spiro atoms. The third kappa shape index (κ3) is 4.84. The number of alkyl halides is 1. The first-order valence-corrected chi connectivity index (χ1v) is 10.2. The Morgan fingerprint density at radius 1 is 1.23 bits per heavy atom. The Labute approximate surface area is 175 Å². The highest BCUT2D eigenvalue weighted by Crippen LogP contribution is 2.22.